The van der Waals surface area contributed by atoms with E-state index in [4.69, 9.17) is 0 Å². The topological polar surface area (TPSA) is 40.5 Å². The Balaban J connectivity index is 1.66. The van der Waals surface area contributed by atoms with Gasteiger partial charge in [-0.3, -0.25) is 0 Å². The van der Waals surface area contributed by atoms with Gasteiger partial charge in [-0.1, -0.05) is 60.4 Å². The number of hydrogen-bond acceptors (Lipinski definition) is 2. The van der Waals surface area contributed by atoms with Gasteiger partial charge in [0, 0.05) is 29.4 Å². The Labute approximate surface area is 168 Å². The molecule has 2 nitrogen and oxygen atoms in total. The Morgan fingerprint density at radius 3 is 2.31 bits per heavy atom. The van der Waals surface area contributed by atoms with Crippen molar-refractivity contribution in [2.45, 2.75) is 12.8 Å². The molecular formula is C26H19FO2. The SMILES string of the molecule is Oc1cc2ccc(C#CCc3ccccc3)cc2c(O)c1Cc1ccc(F)cc1. The summed E-state index contributed by atoms with van der Waals surface area (Å²) in [5.74, 6) is 6.01. The van der Waals surface area contributed by atoms with Gasteiger partial charge in [0.15, 0.2) is 0 Å². The highest BCUT2D eigenvalue weighted by Crippen LogP contribution is 2.37. The zero-order valence-electron chi connectivity index (χ0n) is 15.7. The van der Waals surface area contributed by atoms with Crippen molar-refractivity contribution in [3.63, 3.8) is 0 Å². The number of aromatic hydroxyl groups is 2. The molecule has 4 rings (SSSR count). The van der Waals surface area contributed by atoms with Gasteiger partial charge < -0.3 is 10.2 Å². The summed E-state index contributed by atoms with van der Waals surface area (Å²) in [6.07, 6.45) is 0.952. The predicted octanol–water partition coefficient (Wildman–Crippen LogP) is 5.58. The van der Waals surface area contributed by atoms with Crippen LogP contribution in [0.3, 0.4) is 0 Å². The average Bonchev–Trinajstić information content (AvgIpc) is 2.74. The monoisotopic (exact) mass is 382 g/mol. The molecule has 142 valence electrons. The van der Waals surface area contributed by atoms with Crippen LogP contribution in [0.25, 0.3) is 10.8 Å². The third-order valence-corrected chi connectivity index (χ3v) is 4.86. The lowest BCUT2D eigenvalue weighted by molar-refractivity contribution is 0.445. The van der Waals surface area contributed by atoms with Crippen LogP contribution in [0.5, 0.6) is 11.5 Å². The summed E-state index contributed by atoms with van der Waals surface area (Å²) < 4.78 is 13.1. The number of rotatable bonds is 3. The molecule has 0 aromatic heterocycles. The number of benzene rings is 4. The van der Waals surface area contributed by atoms with Crippen molar-refractivity contribution >= 4 is 10.8 Å². The Bertz CT molecular complexity index is 1220. The third kappa shape index (κ3) is 4.23. The summed E-state index contributed by atoms with van der Waals surface area (Å²) in [5.41, 5.74) is 3.16. The molecule has 0 aliphatic carbocycles. The van der Waals surface area contributed by atoms with E-state index >= 15 is 0 Å². The average molecular weight is 382 g/mol. The molecule has 0 fully saturated rings. The van der Waals surface area contributed by atoms with E-state index in [1.807, 2.05) is 48.5 Å². The Hall–Kier alpha value is -3.77. The van der Waals surface area contributed by atoms with Crippen molar-refractivity contribution in [2.24, 2.45) is 0 Å². The normalized spacial score (nSPS) is 10.5. The van der Waals surface area contributed by atoms with Crippen molar-refractivity contribution < 1.29 is 14.6 Å². The van der Waals surface area contributed by atoms with E-state index in [9.17, 15) is 14.6 Å². The van der Waals surface area contributed by atoms with Crippen molar-refractivity contribution in [2.75, 3.05) is 0 Å². The van der Waals surface area contributed by atoms with Gasteiger partial charge in [-0.05, 0) is 46.8 Å². The number of phenols is 2. The van der Waals surface area contributed by atoms with Crippen LogP contribution in [-0.2, 0) is 12.8 Å². The van der Waals surface area contributed by atoms with Gasteiger partial charge >= 0.3 is 0 Å². The van der Waals surface area contributed by atoms with Crippen LogP contribution >= 0.6 is 0 Å². The minimum absolute atomic E-state index is 0.0160. The Kier molecular flexibility index (Phi) is 5.18. The zero-order valence-corrected chi connectivity index (χ0v) is 15.7. The fraction of sp³-hybridized carbons (Fsp3) is 0.0769. The molecule has 4 aromatic rings. The van der Waals surface area contributed by atoms with Crippen molar-refractivity contribution in [1.29, 1.82) is 0 Å². The second-order valence-corrected chi connectivity index (χ2v) is 6.93. The molecule has 0 heterocycles. The Morgan fingerprint density at radius 1 is 0.793 bits per heavy atom. The third-order valence-electron chi connectivity index (χ3n) is 4.86. The van der Waals surface area contributed by atoms with Crippen LogP contribution in [0.4, 0.5) is 4.39 Å². The maximum atomic E-state index is 13.1. The summed E-state index contributed by atoms with van der Waals surface area (Å²) in [7, 11) is 0. The number of halogens is 1. The van der Waals surface area contributed by atoms with Gasteiger partial charge in [0.2, 0.25) is 0 Å². The molecule has 3 heteroatoms. The molecule has 2 N–H and O–H groups in total. The van der Waals surface area contributed by atoms with Crippen LogP contribution in [0, 0.1) is 17.7 Å². The zero-order chi connectivity index (χ0) is 20.2. The highest BCUT2D eigenvalue weighted by molar-refractivity contribution is 5.92. The van der Waals surface area contributed by atoms with Crippen molar-refractivity contribution in [3.05, 3.63) is 107 Å². The Morgan fingerprint density at radius 2 is 1.55 bits per heavy atom. The highest BCUT2D eigenvalue weighted by atomic mass is 19.1. The first kappa shape index (κ1) is 18.6. The first-order chi connectivity index (χ1) is 14.1. The van der Waals surface area contributed by atoms with Gasteiger partial charge in [-0.15, -0.1) is 0 Å². The van der Waals surface area contributed by atoms with Crippen LogP contribution < -0.4 is 0 Å². The minimum Gasteiger partial charge on any atom is -0.507 e. The fourth-order valence-electron chi connectivity index (χ4n) is 3.31. The maximum Gasteiger partial charge on any atom is 0.130 e. The predicted molar refractivity (Wildman–Crippen MR) is 114 cm³/mol. The second-order valence-electron chi connectivity index (χ2n) is 6.93. The second kappa shape index (κ2) is 8.08. The van der Waals surface area contributed by atoms with Crippen molar-refractivity contribution in [3.8, 4) is 23.3 Å². The number of hydrogen-bond donors (Lipinski definition) is 2. The molecule has 0 saturated carbocycles. The smallest absolute Gasteiger partial charge is 0.130 e. The van der Waals surface area contributed by atoms with Crippen LogP contribution in [0.2, 0.25) is 0 Å². The van der Waals surface area contributed by atoms with E-state index in [1.165, 1.54) is 12.1 Å². The molecule has 0 aliphatic rings. The van der Waals surface area contributed by atoms with E-state index in [0.29, 0.717) is 23.8 Å². The molecule has 0 spiro atoms. The molecular weight excluding hydrogens is 363 g/mol. The largest absolute Gasteiger partial charge is 0.507 e. The van der Waals surface area contributed by atoms with E-state index in [0.717, 1.165) is 22.1 Å². The molecule has 0 amide bonds. The lowest BCUT2D eigenvalue weighted by Crippen LogP contribution is -1.92. The van der Waals surface area contributed by atoms with E-state index in [1.54, 1.807) is 18.2 Å². The van der Waals surface area contributed by atoms with Gasteiger partial charge in [-0.25, -0.2) is 4.39 Å². The van der Waals surface area contributed by atoms with Crippen LogP contribution in [-0.4, -0.2) is 10.2 Å². The summed E-state index contributed by atoms with van der Waals surface area (Å²) in [5, 5.41) is 22.5. The summed E-state index contributed by atoms with van der Waals surface area (Å²) >= 11 is 0. The van der Waals surface area contributed by atoms with E-state index in [2.05, 4.69) is 11.8 Å². The van der Waals surface area contributed by atoms with Gasteiger partial charge in [0.25, 0.3) is 0 Å². The quantitative estimate of drug-likeness (QED) is 0.455. The van der Waals surface area contributed by atoms with Crippen molar-refractivity contribution in [1.82, 2.24) is 0 Å². The van der Waals surface area contributed by atoms with E-state index < -0.39 is 0 Å². The molecule has 0 bridgehead atoms. The molecule has 29 heavy (non-hydrogen) atoms. The first-order valence-electron chi connectivity index (χ1n) is 9.35. The molecule has 0 radical (unpaired) electrons. The van der Waals surface area contributed by atoms with Gasteiger partial charge in [-0.2, -0.15) is 0 Å². The minimum atomic E-state index is -0.320. The van der Waals surface area contributed by atoms with E-state index in [-0.39, 0.29) is 17.3 Å². The molecule has 4 aromatic carbocycles. The maximum absolute atomic E-state index is 13.1. The standard InChI is InChI=1S/C26H19FO2/c27-22-13-10-20(11-14-22)16-24-25(28)17-21-12-9-19(15-23(21)26(24)29)8-4-7-18-5-2-1-3-6-18/h1-3,5-6,9-15,17,28-29H,7,16H2. The van der Waals surface area contributed by atoms with Gasteiger partial charge in [0.1, 0.15) is 17.3 Å². The van der Waals surface area contributed by atoms with Gasteiger partial charge in [0.05, 0.1) is 0 Å². The molecule has 0 unspecified atom stereocenters. The molecule has 0 saturated heterocycles. The lowest BCUT2D eigenvalue weighted by Gasteiger charge is -2.11. The first-order valence-corrected chi connectivity index (χ1v) is 9.35. The number of fused-ring (bicyclic) bond motifs is 1. The molecule has 0 atom stereocenters. The summed E-state index contributed by atoms with van der Waals surface area (Å²) in [4.78, 5) is 0. The van der Waals surface area contributed by atoms with Crippen LogP contribution in [0.15, 0.2) is 78.9 Å². The summed E-state index contributed by atoms with van der Waals surface area (Å²) in [6, 6.07) is 23.2. The van der Waals surface area contributed by atoms with Crippen LogP contribution in [0.1, 0.15) is 22.3 Å². The fourth-order valence-corrected chi connectivity index (χ4v) is 3.31. The summed E-state index contributed by atoms with van der Waals surface area (Å²) in [6.45, 7) is 0. The lowest BCUT2D eigenvalue weighted by atomic mass is 9.97. The highest BCUT2D eigenvalue weighted by Gasteiger charge is 2.13. The number of phenolic OH excluding ortho intramolecular Hbond substituents is 2. The molecule has 0 aliphatic heterocycles.